The Bertz CT molecular complexity index is 545. The van der Waals surface area contributed by atoms with Crippen molar-refractivity contribution in [2.75, 3.05) is 13.7 Å². The Balaban J connectivity index is 3.17. The van der Waals surface area contributed by atoms with Crippen molar-refractivity contribution in [2.24, 2.45) is 0 Å². The number of aryl methyl sites for hydroxylation is 1. The molecule has 108 valence electrons. The SMILES string of the molecule is COCC(C)NS(=O)(=O)c1cc(CO)cc(C)c1Br. The predicted octanol–water partition coefficient (Wildman–Crippen LogP) is 1.56. The zero-order valence-electron chi connectivity index (χ0n) is 11.1. The third kappa shape index (κ3) is 4.25. The van der Waals surface area contributed by atoms with E-state index >= 15 is 0 Å². The van der Waals surface area contributed by atoms with Gasteiger partial charge < -0.3 is 9.84 Å². The van der Waals surface area contributed by atoms with Gasteiger partial charge in [-0.2, -0.15) is 0 Å². The Morgan fingerprint density at radius 1 is 1.47 bits per heavy atom. The van der Waals surface area contributed by atoms with Crippen molar-refractivity contribution in [3.63, 3.8) is 0 Å². The lowest BCUT2D eigenvalue weighted by Crippen LogP contribution is -2.35. The average molecular weight is 352 g/mol. The first-order chi connectivity index (χ1) is 8.81. The van der Waals surface area contributed by atoms with E-state index in [0.717, 1.165) is 5.56 Å². The van der Waals surface area contributed by atoms with Crippen LogP contribution in [-0.2, 0) is 21.4 Å². The van der Waals surface area contributed by atoms with Crippen LogP contribution in [0.4, 0.5) is 0 Å². The van der Waals surface area contributed by atoms with E-state index < -0.39 is 10.0 Å². The van der Waals surface area contributed by atoms with Gasteiger partial charge in [-0.25, -0.2) is 13.1 Å². The van der Waals surface area contributed by atoms with Crippen LogP contribution in [0.25, 0.3) is 0 Å². The summed E-state index contributed by atoms with van der Waals surface area (Å²) in [6, 6.07) is 2.86. The van der Waals surface area contributed by atoms with E-state index in [9.17, 15) is 8.42 Å². The van der Waals surface area contributed by atoms with Gasteiger partial charge in [0, 0.05) is 17.6 Å². The second kappa shape index (κ2) is 6.81. The molecule has 0 aromatic heterocycles. The monoisotopic (exact) mass is 351 g/mol. The van der Waals surface area contributed by atoms with Gasteiger partial charge in [-0.1, -0.05) is 6.07 Å². The van der Waals surface area contributed by atoms with Crippen LogP contribution in [0.2, 0.25) is 0 Å². The first kappa shape index (κ1) is 16.6. The van der Waals surface area contributed by atoms with E-state index in [-0.39, 0.29) is 24.2 Å². The number of halogens is 1. The Kier molecular flexibility index (Phi) is 5.94. The molecule has 5 nitrogen and oxygen atoms in total. The number of hydrogen-bond donors (Lipinski definition) is 2. The number of ether oxygens (including phenoxy) is 1. The molecule has 1 atom stereocenters. The van der Waals surface area contributed by atoms with Crippen LogP contribution in [-0.4, -0.2) is 33.3 Å². The molecule has 1 rings (SSSR count). The van der Waals surface area contributed by atoms with Gasteiger partial charge in [0.15, 0.2) is 0 Å². The summed E-state index contributed by atoms with van der Waals surface area (Å²) in [5, 5.41) is 9.16. The largest absolute Gasteiger partial charge is 0.392 e. The fourth-order valence-electron chi connectivity index (χ4n) is 1.71. The zero-order chi connectivity index (χ0) is 14.6. The number of benzene rings is 1. The van der Waals surface area contributed by atoms with Crippen LogP contribution in [0.3, 0.4) is 0 Å². The molecule has 2 N–H and O–H groups in total. The molecule has 0 aliphatic carbocycles. The summed E-state index contributed by atoms with van der Waals surface area (Å²) in [6.45, 7) is 3.58. The molecule has 19 heavy (non-hydrogen) atoms. The minimum Gasteiger partial charge on any atom is -0.392 e. The van der Waals surface area contributed by atoms with Crippen molar-refractivity contribution < 1.29 is 18.3 Å². The van der Waals surface area contributed by atoms with Crippen molar-refractivity contribution in [1.82, 2.24) is 4.72 Å². The summed E-state index contributed by atoms with van der Waals surface area (Å²) in [6.07, 6.45) is 0. The smallest absolute Gasteiger partial charge is 0.242 e. The van der Waals surface area contributed by atoms with Crippen molar-refractivity contribution >= 4 is 26.0 Å². The fraction of sp³-hybridized carbons (Fsp3) is 0.500. The van der Waals surface area contributed by atoms with Crippen LogP contribution >= 0.6 is 15.9 Å². The van der Waals surface area contributed by atoms with E-state index in [0.29, 0.717) is 10.0 Å². The Morgan fingerprint density at radius 3 is 2.63 bits per heavy atom. The minimum absolute atomic E-state index is 0.125. The topological polar surface area (TPSA) is 75.6 Å². The van der Waals surface area contributed by atoms with E-state index in [1.54, 1.807) is 19.9 Å². The van der Waals surface area contributed by atoms with Crippen LogP contribution < -0.4 is 4.72 Å². The van der Waals surface area contributed by atoms with Crippen molar-refractivity contribution in [2.45, 2.75) is 31.4 Å². The quantitative estimate of drug-likeness (QED) is 0.815. The summed E-state index contributed by atoms with van der Waals surface area (Å²) < 4.78 is 32.5. The molecule has 0 fully saturated rings. The maximum absolute atomic E-state index is 12.3. The maximum Gasteiger partial charge on any atom is 0.242 e. The van der Waals surface area contributed by atoms with E-state index in [2.05, 4.69) is 20.7 Å². The van der Waals surface area contributed by atoms with Gasteiger partial charge >= 0.3 is 0 Å². The Morgan fingerprint density at radius 2 is 2.11 bits per heavy atom. The fourth-order valence-corrected chi connectivity index (χ4v) is 4.00. The molecule has 0 amide bonds. The molecule has 0 spiro atoms. The van der Waals surface area contributed by atoms with Gasteiger partial charge in [0.05, 0.1) is 18.1 Å². The molecule has 0 bridgehead atoms. The summed E-state index contributed by atoms with van der Waals surface area (Å²) in [7, 11) is -2.14. The molecule has 1 aromatic carbocycles. The van der Waals surface area contributed by atoms with E-state index in [4.69, 9.17) is 9.84 Å². The van der Waals surface area contributed by atoms with Crippen molar-refractivity contribution in [3.8, 4) is 0 Å². The second-order valence-corrected chi connectivity index (χ2v) is 6.84. The summed E-state index contributed by atoms with van der Waals surface area (Å²) in [5.41, 5.74) is 1.31. The molecular weight excluding hydrogens is 334 g/mol. The summed E-state index contributed by atoms with van der Waals surface area (Å²) in [4.78, 5) is 0.125. The summed E-state index contributed by atoms with van der Waals surface area (Å²) in [5.74, 6) is 0. The predicted molar refractivity (Wildman–Crippen MR) is 76.5 cm³/mol. The van der Waals surface area contributed by atoms with Gasteiger partial charge in [-0.15, -0.1) is 0 Å². The lowest BCUT2D eigenvalue weighted by Gasteiger charge is -2.15. The highest BCUT2D eigenvalue weighted by molar-refractivity contribution is 9.10. The number of rotatable bonds is 6. The highest BCUT2D eigenvalue weighted by Crippen LogP contribution is 2.27. The van der Waals surface area contributed by atoms with Gasteiger partial charge in [0.1, 0.15) is 0 Å². The van der Waals surface area contributed by atoms with Gasteiger partial charge in [0.2, 0.25) is 10.0 Å². The summed E-state index contributed by atoms with van der Waals surface area (Å²) >= 11 is 3.28. The van der Waals surface area contributed by atoms with Crippen LogP contribution in [0, 0.1) is 6.92 Å². The number of nitrogens with one attached hydrogen (secondary N) is 1. The normalized spacial score (nSPS) is 13.5. The number of hydrogen-bond acceptors (Lipinski definition) is 4. The lowest BCUT2D eigenvalue weighted by atomic mass is 10.1. The standard InChI is InChI=1S/C12H18BrNO4S/c1-8-4-10(6-15)5-11(12(8)13)19(16,17)14-9(2)7-18-3/h4-5,9,14-15H,6-7H2,1-3H3. The molecular formula is C12H18BrNO4S. The van der Waals surface area contributed by atoms with Crippen LogP contribution in [0.15, 0.2) is 21.5 Å². The molecule has 0 aliphatic heterocycles. The van der Waals surface area contributed by atoms with Gasteiger partial charge in [-0.05, 0) is 47.0 Å². The molecule has 0 radical (unpaired) electrons. The first-order valence-corrected chi connectivity index (χ1v) is 8.00. The molecule has 0 heterocycles. The Labute approximate surface area is 122 Å². The van der Waals surface area contributed by atoms with E-state index in [1.807, 2.05) is 0 Å². The van der Waals surface area contributed by atoms with Gasteiger partial charge in [0.25, 0.3) is 0 Å². The molecule has 7 heteroatoms. The second-order valence-electron chi connectivity index (χ2n) is 4.36. The maximum atomic E-state index is 12.3. The first-order valence-electron chi connectivity index (χ1n) is 5.73. The molecule has 1 unspecified atom stereocenters. The van der Waals surface area contributed by atoms with Crippen molar-refractivity contribution in [3.05, 3.63) is 27.7 Å². The van der Waals surface area contributed by atoms with E-state index in [1.165, 1.54) is 13.2 Å². The molecule has 1 aromatic rings. The highest BCUT2D eigenvalue weighted by atomic mass is 79.9. The Hall–Kier alpha value is -0.470. The third-order valence-electron chi connectivity index (χ3n) is 2.53. The third-order valence-corrected chi connectivity index (χ3v) is 5.45. The molecule has 0 saturated heterocycles. The number of aliphatic hydroxyl groups is 1. The van der Waals surface area contributed by atoms with Crippen molar-refractivity contribution in [1.29, 1.82) is 0 Å². The highest BCUT2D eigenvalue weighted by Gasteiger charge is 2.21. The molecule has 0 saturated carbocycles. The number of sulfonamides is 1. The number of methoxy groups -OCH3 is 1. The van der Waals surface area contributed by atoms with Gasteiger partial charge in [-0.3, -0.25) is 0 Å². The zero-order valence-corrected chi connectivity index (χ0v) is 13.5. The minimum atomic E-state index is -3.66. The average Bonchev–Trinajstić information content (AvgIpc) is 2.31. The van der Waals surface area contributed by atoms with Crippen LogP contribution in [0.5, 0.6) is 0 Å². The lowest BCUT2D eigenvalue weighted by molar-refractivity contribution is 0.180. The number of aliphatic hydroxyl groups excluding tert-OH is 1. The molecule has 0 aliphatic rings. The van der Waals surface area contributed by atoms with Crippen LogP contribution in [0.1, 0.15) is 18.1 Å².